The summed E-state index contributed by atoms with van der Waals surface area (Å²) in [5, 5.41) is 21.4. The van der Waals surface area contributed by atoms with Gasteiger partial charge in [-0.15, -0.1) is 0 Å². The van der Waals surface area contributed by atoms with E-state index in [0.29, 0.717) is 6.54 Å². The van der Waals surface area contributed by atoms with Crippen molar-refractivity contribution in [3.63, 3.8) is 0 Å². The predicted octanol–water partition coefficient (Wildman–Crippen LogP) is -4.93. The fourth-order valence-electron chi connectivity index (χ4n) is 5.98. The van der Waals surface area contributed by atoms with Crippen LogP contribution in [0.2, 0.25) is 12.1 Å². The highest BCUT2D eigenvalue weighted by atomic mass is 16.6. The fraction of sp³-hybridized carbons (Fsp3) is 0.786. The van der Waals surface area contributed by atoms with E-state index in [1.165, 1.54) is 36.3 Å². The highest BCUT2D eigenvalue weighted by molar-refractivity contribution is 8.01. The minimum absolute atomic E-state index is 0.205. The third kappa shape index (κ3) is 6.59. The Bertz CT molecular complexity index is 735. The van der Waals surface area contributed by atoms with E-state index in [1.54, 1.807) is 6.20 Å². The number of nitrogens with zero attached hydrogens (tertiary/aromatic N) is 4. The van der Waals surface area contributed by atoms with Crippen LogP contribution in [0.15, 0.2) is 12.4 Å². The van der Waals surface area contributed by atoms with Crippen LogP contribution in [-0.2, 0) is 6.54 Å². The van der Waals surface area contributed by atoms with E-state index in [-0.39, 0.29) is 12.5 Å². The summed E-state index contributed by atoms with van der Waals surface area (Å²) in [7, 11) is 12.0. The number of aliphatic hydroxyl groups is 1. The zero-order valence-corrected chi connectivity index (χ0v) is 20.0. The average Bonchev–Trinajstić information content (AvgIpc) is 3.26. The molecule has 31 heavy (non-hydrogen) atoms. The van der Waals surface area contributed by atoms with E-state index in [1.807, 2.05) is 0 Å². The molecule has 0 saturated carbocycles. The second kappa shape index (κ2) is 10.9. The van der Waals surface area contributed by atoms with Crippen LogP contribution in [0.4, 0.5) is 5.95 Å². The molecule has 17 heteroatoms. The van der Waals surface area contributed by atoms with Crippen LogP contribution < -0.4 is 0 Å². The average molecular weight is 413 g/mol. The molecule has 2 fully saturated rings. The minimum Gasteiger partial charge on any atom is -0.390 e. The topological polar surface area (TPSA) is 84.4 Å². The number of aromatic nitrogens is 2. The Hall–Kier alpha value is -0.821. The summed E-state index contributed by atoms with van der Waals surface area (Å²) in [5.74, 6) is 1.51. The number of hydrogen-bond donors (Lipinski definition) is 1. The lowest BCUT2D eigenvalue weighted by molar-refractivity contribution is -0.397. The van der Waals surface area contributed by atoms with E-state index in [4.69, 9.17) is 0 Å². The monoisotopic (exact) mass is 414 g/mol. The maximum atomic E-state index is 11.0. The molecule has 2 atom stereocenters. The van der Waals surface area contributed by atoms with Crippen LogP contribution in [0.3, 0.4) is 0 Å². The molecule has 3 heterocycles. The Morgan fingerprint density at radius 2 is 1.90 bits per heavy atom. The van der Waals surface area contributed by atoms with Gasteiger partial charge in [0.05, 0.1) is 57.9 Å². The molecule has 2 aliphatic heterocycles. The number of nitro groups is 1. The molecule has 0 spiro atoms. The van der Waals surface area contributed by atoms with Crippen LogP contribution in [-0.4, -0.2) is 121 Å². The standard InChI is InChI=1S/C14H32B10N4O3/c15-21(16)23(19)24(22(17)18)20-8-12(20)7-11-1-4-26(5-2-11)9-13(29)10-27-6-3-25-14(27)28(30)31/h3,6,11-13,29H,1-2,4-5,7-10,15-19H2. The van der Waals surface area contributed by atoms with Gasteiger partial charge in [-0.05, 0) is 36.8 Å². The Morgan fingerprint density at radius 1 is 1.23 bits per heavy atom. The Labute approximate surface area is 193 Å². The molecule has 1 aromatic rings. The molecule has 2 unspecified atom stereocenters. The summed E-state index contributed by atoms with van der Waals surface area (Å²) in [6.45, 7) is 3.73. The largest absolute Gasteiger partial charge is 0.434 e. The van der Waals surface area contributed by atoms with Gasteiger partial charge in [0.25, 0.3) is 0 Å². The molecule has 1 N–H and O–H groups in total. The molecule has 2 saturated heterocycles. The second-order valence-corrected chi connectivity index (χ2v) is 10.9. The smallest absolute Gasteiger partial charge is 0.390 e. The molecular weight excluding hydrogens is 380 g/mol. The van der Waals surface area contributed by atoms with E-state index >= 15 is 0 Å². The number of piperidine rings is 1. The van der Waals surface area contributed by atoms with Gasteiger partial charge in [0.15, 0.2) is 0 Å². The third-order valence-electron chi connectivity index (χ3n) is 7.98. The summed E-state index contributed by atoms with van der Waals surface area (Å²) in [6.07, 6.45) is 10.7. The Morgan fingerprint density at radius 3 is 2.48 bits per heavy atom. The first-order chi connectivity index (χ1) is 14.7. The van der Waals surface area contributed by atoms with Gasteiger partial charge in [-0.25, -0.2) is 4.57 Å². The zero-order valence-electron chi connectivity index (χ0n) is 20.0. The maximum absolute atomic E-state index is 11.0. The molecular formula is C14H32B10N4O3. The molecule has 2 aliphatic rings. The first kappa shape index (κ1) is 24.8. The molecule has 0 aromatic carbocycles. The fourth-order valence-corrected chi connectivity index (χ4v) is 5.98. The van der Waals surface area contributed by atoms with Gasteiger partial charge in [0.1, 0.15) is 12.4 Å². The van der Waals surface area contributed by atoms with Crippen molar-refractivity contribution in [3.05, 3.63) is 22.5 Å². The Balaban J connectivity index is 1.40. The van der Waals surface area contributed by atoms with Gasteiger partial charge in [0, 0.05) is 32.1 Å². The molecule has 156 valence electrons. The van der Waals surface area contributed by atoms with E-state index in [9.17, 15) is 15.2 Å². The van der Waals surface area contributed by atoms with Gasteiger partial charge < -0.3 is 20.1 Å². The first-order valence-electron chi connectivity index (χ1n) is 12.2. The highest BCUT2D eigenvalue weighted by Gasteiger charge is 2.50. The summed E-state index contributed by atoms with van der Waals surface area (Å²) in [4.78, 5) is 16.5. The lowest BCUT2D eigenvalue weighted by Crippen LogP contribution is -2.63. The number of imidazole rings is 1. The number of hydrogen-bond acceptors (Lipinski definition) is 5. The highest BCUT2D eigenvalue weighted by Crippen LogP contribution is 2.46. The number of likely N-dealkylation sites (tertiary alicyclic amines) is 1. The molecule has 1 aromatic heterocycles. The summed E-state index contributed by atoms with van der Waals surface area (Å²) in [6, 6.07) is 0. The van der Waals surface area contributed by atoms with Crippen LogP contribution in [0.25, 0.3) is 0 Å². The van der Waals surface area contributed by atoms with Crippen molar-refractivity contribution < 1.29 is 10.0 Å². The van der Waals surface area contributed by atoms with E-state index in [0.717, 1.165) is 57.0 Å². The van der Waals surface area contributed by atoms with Crippen LogP contribution in [0.1, 0.15) is 19.3 Å². The van der Waals surface area contributed by atoms with Gasteiger partial charge >= 0.3 is 5.95 Å². The minimum atomic E-state index is -0.624. The molecule has 0 aliphatic carbocycles. The number of β-amino-alcohol motifs (C(OH)–C–C–N with tert-alkyl or cyclic N) is 1. The van der Waals surface area contributed by atoms with Crippen molar-refractivity contribution in [1.82, 2.24) is 14.5 Å². The molecule has 3 rings (SSSR count). The van der Waals surface area contributed by atoms with Crippen LogP contribution in [0, 0.1) is 16.0 Å². The number of aliphatic hydroxyl groups excluding tert-OH is 1. The summed E-state index contributed by atoms with van der Waals surface area (Å²) < 4.78 is 1.42. The lowest BCUT2D eigenvalue weighted by Gasteiger charge is -2.33. The first-order valence-corrected chi connectivity index (χ1v) is 12.2. The van der Waals surface area contributed by atoms with Gasteiger partial charge in [-0.1, -0.05) is 23.5 Å². The van der Waals surface area contributed by atoms with Crippen LogP contribution in [0.5, 0.6) is 0 Å². The molecule has 0 bridgehead atoms. The summed E-state index contributed by atoms with van der Waals surface area (Å²) >= 11 is 0. The molecule has 0 radical (unpaired) electrons. The molecule has 7 nitrogen and oxygen atoms in total. The third-order valence-corrected chi connectivity index (χ3v) is 7.98. The SMILES string of the molecule is BB(B)B(B)B(B(B)B)B1CC1CC1CCN(CC(O)Cn2ccnc2[N+](=O)[O-])CC1. The van der Waals surface area contributed by atoms with Crippen molar-refractivity contribution in [2.24, 2.45) is 5.92 Å². The lowest BCUT2D eigenvalue weighted by atomic mass is 8.57. The maximum Gasteiger partial charge on any atom is 0.434 e. The van der Waals surface area contributed by atoms with E-state index in [2.05, 4.69) is 48.6 Å². The Kier molecular flexibility index (Phi) is 8.70. The van der Waals surface area contributed by atoms with Gasteiger partial charge in [-0.3, -0.25) is 0 Å². The van der Waals surface area contributed by atoms with Gasteiger partial charge in [-0.2, -0.15) is 0 Å². The van der Waals surface area contributed by atoms with Gasteiger partial charge in [0.2, 0.25) is 0 Å². The quantitative estimate of drug-likeness (QED) is 0.224. The van der Waals surface area contributed by atoms with Crippen molar-refractivity contribution in [2.45, 2.75) is 44.0 Å². The van der Waals surface area contributed by atoms with Crippen molar-refractivity contribution in [3.8, 4) is 0 Å². The van der Waals surface area contributed by atoms with E-state index < -0.39 is 11.0 Å². The second-order valence-electron chi connectivity index (χ2n) is 10.9. The normalized spacial score (nSPS) is 20.3. The van der Waals surface area contributed by atoms with Crippen molar-refractivity contribution in [2.75, 3.05) is 19.6 Å². The molecule has 0 amide bonds. The zero-order chi connectivity index (χ0) is 22.7. The van der Waals surface area contributed by atoms with Crippen LogP contribution >= 0.6 is 0 Å². The predicted molar refractivity (Wildman–Crippen MR) is 149 cm³/mol. The van der Waals surface area contributed by atoms with Crippen molar-refractivity contribution >= 4 is 76.8 Å². The van der Waals surface area contributed by atoms with Crippen molar-refractivity contribution in [1.29, 1.82) is 0 Å². The summed E-state index contributed by atoms with van der Waals surface area (Å²) in [5.41, 5.74) is 0. The number of rotatable bonds is 11.